The van der Waals surface area contributed by atoms with E-state index in [2.05, 4.69) is 56.0 Å². The molecule has 0 spiro atoms. The van der Waals surface area contributed by atoms with E-state index >= 15 is 0 Å². The van der Waals surface area contributed by atoms with E-state index in [0.29, 0.717) is 5.41 Å². The number of nitrogens with zero attached hydrogens (tertiary/aromatic N) is 1. The number of likely N-dealkylation sites (tertiary alicyclic amines) is 1. The third-order valence-corrected chi connectivity index (χ3v) is 3.86. The SMILES string of the molecule is CC(C)(C)CC1CCN(Cc2ccccc2)CC1.Cl. The average molecular weight is 282 g/mol. The number of hydrogen-bond donors (Lipinski definition) is 0. The van der Waals surface area contributed by atoms with Gasteiger partial charge in [0, 0.05) is 6.54 Å². The summed E-state index contributed by atoms with van der Waals surface area (Å²) >= 11 is 0. The summed E-state index contributed by atoms with van der Waals surface area (Å²) in [5.41, 5.74) is 1.94. The zero-order chi connectivity index (χ0) is 13.0. The minimum Gasteiger partial charge on any atom is -0.299 e. The van der Waals surface area contributed by atoms with Gasteiger partial charge < -0.3 is 0 Å². The first-order valence-electron chi connectivity index (χ1n) is 7.29. The van der Waals surface area contributed by atoms with Crippen molar-refractivity contribution >= 4 is 12.4 Å². The van der Waals surface area contributed by atoms with Gasteiger partial charge in [0.05, 0.1) is 0 Å². The number of piperidine rings is 1. The van der Waals surface area contributed by atoms with Crippen LogP contribution in [0.5, 0.6) is 0 Å². The Balaban J connectivity index is 0.00000180. The van der Waals surface area contributed by atoms with E-state index in [1.54, 1.807) is 0 Å². The predicted octanol–water partition coefficient (Wildman–Crippen LogP) is 4.76. The van der Waals surface area contributed by atoms with Crippen LogP contribution in [0.3, 0.4) is 0 Å². The molecule has 1 aliphatic rings. The zero-order valence-electron chi connectivity index (χ0n) is 12.6. The van der Waals surface area contributed by atoms with Crippen LogP contribution < -0.4 is 0 Å². The Kier molecular flexibility index (Phi) is 6.35. The maximum absolute atomic E-state index is 2.61. The standard InChI is InChI=1S/C17H27N.ClH/c1-17(2,3)13-15-9-11-18(12-10-15)14-16-7-5-4-6-8-16;/h4-8,15H,9-14H2,1-3H3;1H. The lowest BCUT2D eigenvalue weighted by Crippen LogP contribution is -2.34. The summed E-state index contributed by atoms with van der Waals surface area (Å²) in [5, 5.41) is 0. The van der Waals surface area contributed by atoms with Crippen molar-refractivity contribution in [2.24, 2.45) is 11.3 Å². The summed E-state index contributed by atoms with van der Waals surface area (Å²) in [6.07, 6.45) is 4.14. The fourth-order valence-electron chi connectivity index (χ4n) is 3.06. The van der Waals surface area contributed by atoms with Gasteiger partial charge in [0.15, 0.2) is 0 Å². The van der Waals surface area contributed by atoms with E-state index in [-0.39, 0.29) is 12.4 Å². The van der Waals surface area contributed by atoms with Crippen LogP contribution in [0, 0.1) is 11.3 Å². The molecule has 2 heteroatoms. The highest BCUT2D eigenvalue weighted by atomic mass is 35.5. The Bertz CT molecular complexity index is 347. The fraction of sp³-hybridized carbons (Fsp3) is 0.647. The molecule has 0 atom stereocenters. The van der Waals surface area contributed by atoms with Gasteiger partial charge >= 0.3 is 0 Å². The van der Waals surface area contributed by atoms with Gasteiger partial charge in [-0.25, -0.2) is 0 Å². The molecule has 0 unspecified atom stereocenters. The van der Waals surface area contributed by atoms with Crippen molar-refractivity contribution in [3.05, 3.63) is 35.9 Å². The van der Waals surface area contributed by atoms with E-state index in [1.165, 1.54) is 37.9 Å². The van der Waals surface area contributed by atoms with Gasteiger partial charge in [-0.1, -0.05) is 51.1 Å². The molecular formula is C17H28ClN. The van der Waals surface area contributed by atoms with Gasteiger partial charge in [-0.2, -0.15) is 0 Å². The quantitative estimate of drug-likeness (QED) is 0.772. The van der Waals surface area contributed by atoms with Gasteiger partial charge in [0.1, 0.15) is 0 Å². The minimum atomic E-state index is 0. The van der Waals surface area contributed by atoms with Crippen LogP contribution in [0.4, 0.5) is 0 Å². The van der Waals surface area contributed by atoms with Gasteiger partial charge in [-0.05, 0) is 49.2 Å². The second-order valence-electron chi connectivity index (χ2n) is 6.97. The molecule has 0 N–H and O–H groups in total. The van der Waals surface area contributed by atoms with E-state index in [0.717, 1.165) is 12.5 Å². The highest BCUT2D eigenvalue weighted by Gasteiger charge is 2.23. The van der Waals surface area contributed by atoms with Crippen molar-refractivity contribution < 1.29 is 0 Å². The zero-order valence-corrected chi connectivity index (χ0v) is 13.4. The molecule has 1 saturated heterocycles. The number of hydrogen-bond acceptors (Lipinski definition) is 1. The minimum absolute atomic E-state index is 0. The normalized spacial score (nSPS) is 18.1. The van der Waals surface area contributed by atoms with Crippen LogP contribution in [0.25, 0.3) is 0 Å². The molecule has 108 valence electrons. The molecule has 1 fully saturated rings. The smallest absolute Gasteiger partial charge is 0.0233 e. The maximum Gasteiger partial charge on any atom is 0.0233 e. The van der Waals surface area contributed by atoms with Crippen LogP contribution in [0.2, 0.25) is 0 Å². The van der Waals surface area contributed by atoms with Crippen molar-refractivity contribution in [1.29, 1.82) is 0 Å². The van der Waals surface area contributed by atoms with Crippen LogP contribution >= 0.6 is 12.4 Å². The molecule has 0 saturated carbocycles. The van der Waals surface area contributed by atoms with E-state index < -0.39 is 0 Å². The van der Waals surface area contributed by atoms with Gasteiger partial charge in [-0.15, -0.1) is 12.4 Å². The molecule has 0 amide bonds. The highest BCUT2D eigenvalue weighted by Crippen LogP contribution is 2.31. The summed E-state index contributed by atoms with van der Waals surface area (Å²) in [6.45, 7) is 10.8. The van der Waals surface area contributed by atoms with Crippen molar-refractivity contribution in [2.45, 2.75) is 46.6 Å². The lowest BCUT2D eigenvalue weighted by Gasteiger charge is -2.35. The lowest BCUT2D eigenvalue weighted by atomic mass is 9.80. The van der Waals surface area contributed by atoms with Crippen molar-refractivity contribution in [3.8, 4) is 0 Å². The van der Waals surface area contributed by atoms with Gasteiger partial charge in [0.25, 0.3) is 0 Å². The number of benzene rings is 1. The van der Waals surface area contributed by atoms with Crippen LogP contribution in [-0.4, -0.2) is 18.0 Å². The Morgan fingerprint density at radius 1 is 1.05 bits per heavy atom. The molecule has 0 bridgehead atoms. The summed E-state index contributed by atoms with van der Waals surface area (Å²) in [4.78, 5) is 2.61. The van der Waals surface area contributed by atoms with Crippen molar-refractivity contribution in [3.63, 3.8) is 0 Å². The third-order valence-electron chi connectivity index (χ3n) is 3.86. The van der Waals surface area contributed by atoms with Crippen molar-refractivity contribution in [2.75, 3.05) is 13.1 Å². The molecule has 1 aromatic carbocycles. The Morgan fingerprint density at radius 3 is 2.16 bits per heavy atom. The lowest BCUT2D eigenvalue weighted by molar-refractivity contribution is 0.147. The molecule has 0 aromatic heterocycles. The molecule has 1 nitrogen and oxygen atoms in total. The number of halogens is 1. The molecule has 19 heavy (non-hydrogen) atoms. The summed E-state index contributed by atoms with van der Waals surface area (Å²) in [7, 11) is 0. The highest BCUT2D eigenvalue weighted by molar-refractivity contribution is 5.85. The molecule has 0 radical (unpaired) electrons. The van der Waals surface area contributed by atoms with Gasteiger partial charge in [-0.3, -0.25) is 4.90 Å². The van der Waals surface area contributed by atoms with Crippen LogP contribution in [0.1, 0.15) is 45.6 Å². The second-order valence-corrected chi connectivity index (χ2v) is 6.97. The molecule has 2 rings (SSSR count). The molecular weight excluding hydrogens is 254 g/mol. The summed E-state index contributed by atoms with van der Waals surface area (Å²) in [5.74, 6) is 0.942. The van der Waals surface area contributed by atoms with Gasteiger partial charge in [0.2, 0.25) is 0 Å². The van der Waals surface area contributed by atoms with Crippen molar-refractivity contribution in [1.82, 2.24) is 4.90 Å². The molecule has 0 aliphatic carbocycles. The second kappa shape index (κ2) is 7.31. The first-order valence-corrected chi connectivity index (χ1v) is 7.29. The average Bonchev–Trinajstić information content (AvgIpc) is 2.31. The maximum atomic E-state index is 2.61. The fourth-order valence-corrected chi connectivity index (χ4v) is 3.06. The molecule has 1 aromatic rings. The monoisotopic (exact) mass is 281 g/mol. The first kappa shape index (κ1) is 16.5. The topological polar surface area (TPSA) is 3.24 Å². The Labute approximate surface area is 124 Å². The Morgan fingerprint density at radius 2 is 1.63 bits per heavy atom. The first-order chi connectivity index (χ1) is 8.53. The third kappa shape index (κ3) is 5.97. The van der Waals surface area contributed by atoms with E-state index in [1.807, 2.05) is 0 Å². The Hall–Kier alpha value is -0.530. The largest absolute Gasteiger partial charge is 0.299 e. The molecule has 1 aliphatic heterocycles. The van der Waals surface area contributed by atoms with E-state index in [9.17, 15) is 0 Å². The molecule has 1 heterocycles. The summed E-state index contributed by atoms with van der Waals surface area (Å²) in [6, 6.07) is 10.9. The van der Waals surface area contributed by atoms with Crippen LogP contribution in [0.15, 0.2) is 30.3 Å². The summed E-state index contributed by atoms with van der Waals surface area (Å²) < 4.78 is 0. The van der Waals surface area contributed by atoms with E-state index in [4.69, 9.17) is 0 Å². The number of rotatable bonds is 3. The predicted molar refractivity (Wildman–Crippen MR) is 85.8 cm³/mol. The van der Waals surface area contributed by atoms with Crippen LogP contribution in [-0.2, 0) is 6.54 Å².